The fourth-order valence-electron chi connectivity index (χ4n) is 5.27. The highest BCUT2D eigenvalue weighted by atomic mass is 19.1. The maximum Gasteiger partial charge on any atom is 0.407 e. The van der Waals surface area contributed by atoms with Gasteiger partial charge in [-0.05, 0) is 62.2 Å². The van der Waals surface area contributed by atoms with Gasteiger partial charge in [-0.15, -0.1) is 0 Å². The van der Waals surface area contributed by atoms with Crippen LogP contribution in [0.4, 0.5) is 19.4 Å². The van der Waals surface area contributed by atoms with Crippen molar-refractivity contribution in [3.63, 3.8) is 0 Å². The number of halogens is 2. The van der Waals surface area contributed by atoms with Gasteiger partial charge < -0.3 is 20.0 Å². The van der Waals surface area contributed by atoms with Gasteiger partial charge in [-0.2, -0.15) is 10.2 Å². The van der Waals surface area contributed by atoms with Crippen molar-refractivity contribution in [2.45, 2.75) is 26.8 Å². The molecule has 0 spiro atoms. The number of phenolic OH excluding ortho intramolecular Hbond substituents is 1. The average molecular weight is 547 g/mol. The number of aryl methyl sites for hydroxylation is 2. The second-order valence-corrected chi connectivity index (χ2v) is 9.72. The molecule has 0 bridgehead atoms. The fraction of sp³-hybridized carbons (Fsp3) is 0.250. The number of fused-ring (bicyclic) bond motifs is 1. The van der Waals surface area contributed by atoms with Crippen LogP contribution in [0, 0.1) is 36.8 Å². The van der Waals surface area contributed by atoms with Crippen LogP contribution in [-0.4, -0.2) is 61.4 Å². The van der Waals surface area contributed by atoms with Crippen LogP contribution in [0.5, 0.6) is 5.75 Å². The highest BCUT2D eigenvalue weighted by Crippen LogP contribution is 2.36. The number of piperazine rings is 1. The molecule has 204 valence electrons. The van der Waals surface area contributed by atoms with Crippen LogP contribution in [0.3, 0.4) is 0 Å². The van der Waals surface area contributed by atoms with Crippen molar-refractivity contribution in [3.05, 3.63) is 75.2 Å². The Morgan fingerprint density at radius 3 is 2.40 bits per heavy atom. The number of rotatable bonds is 3. The minimum Gasteiger partial charge on any atom is -0.507 e. The molecule has 1 saturated heterocycles. The van der Waals surface area contributed by atoms with E-state index in [0.29, 0.717) is 22.4 Å². The van der Waals surface area contributed by atoms with Crippen LogP contribution in [0.2, 0.25) is 0 Å². The van der Waals surface area contributed by atoms with E-state index in [1.165, 1.54) is 21.6 Å². The molecular formula is C28H24F2N6O4. The minimum absolute atomic E-state index is 0.0437. The number of hydrogen-bond donors (Lipinski definition) is 2. The number of phenols is 1. The Balaban J connectivity index is 1.85. The van der Waals surface area contributed by atoms with Crippen LogP contribution < -0.4 is 10.6 Å². The number of amides is 1. The number of aromatic hydroxyl groups is 1. The highest BCUT2D eigenvalue weighted by Gasteiger charge is 2.31. The largest absolute Gasteiger partial charge is 0.507 e. The van der Waals surface area contributed by atoms with Gasteiger partial charge in [0.2, 0.25) is 0 Å². The van der Waals surface area contributed by atoms with E-state index in [2.05, 4.69) is 16.0 Å². The SMILES string of the molecule is Cc1cc(C#N)cc(C)c1-n1c(=O)nc(N2CCN(C(=O)O)C[C@@H]2C)c2cc(F)c(-c3c(O)cccc3F)nc21. The molecule has 2 N–H and O–H groups in total. The lowest BCUT2D eigenvalue weighted by molar-refractivity contribution is 0.136. The Hall–Kier alpha value is -5.05. The fourth-order valence-corrected chi connectivity index (χ4v) is 5.27. The molecule has 0 saturated carbocycles. The van der Waals surface area contributed by atoms with Gasteiger partial charge in [0.1, 0.15) is 23.1 Å². The van der Waals surface area contributed by atoms with Crippen molar-refractivity contribution >= 4 is 22.9 Å². The van der Waals surface area contributed by atoms with Crippen LogP contribution in [0.15, 0.2) is 41.2 Å². The second-order valence-electron chi connectivity index (χ2n) is 9.72. The van der Waals surface area contributed by atoms with Gasteiger partial charge in [-0.1, -0.05) is 6.07 Å². The zero-order valence-electron chi connectivity index (χ0n) is 21.8. The predicted molar refractivity (Wildman–Crippen MR) is 143 cm³/mol. The van der Waals surface area contributed by atoms with E-state index >= 15 is 4.39 Å². The maximum atomic E-state index is 15.7. The molecule has 40 heavy (non-hydrogen) atoms. The summed E-state index contributed by atoms with van der Waals surface area (Å²) in [6, 6.07) is 9.46. The molecule has 10 nitrogen and oxygen atoms in total. The molecule has 12 heteroatoms. The molecule has 1 fully saturated rings. The molecule has 0 radical (unpaired) electrons. The van der Waals surface area contributed by atoms with E-state index < -0.39 is 46.5 Å². The van der Waals surface area contributed by atoms with Crippen LogP contribution >= 0.6 is 0 Å². The van der Waals surface area contributed by atoms with Crippen LogP contribution in [-0.2, 0) is 0 Å². The van der Waals surface area contributed by atoms with Crippen molar-refractivity contribution in [1.29, 1.82) is 5.26 Å². The summed E-state index contributed by atoms with van der Waals surface area (Å²) < 4.78 is 31.7. The number of pyridine rings is 1. The van der Waals surface area contributed by atoms with Crippen molar-refractivity contribution in [2.75, 3.05) is 24.5 Å². The summed E-state index contributed by atoms with van der Waals surface area (Å²) in [6.07, 6.45) is -1.08. The summed E-state index contributed by atoms with van der Waals surface area (Å²) in [5.41, 5.74) is 0.101. The second kappa shape index (κ2) is 9.92. The lowest BCUT2D eigenvalue weighted by Gasteiger charge is -2.39. The third kappa shape index (κ3) is 4.35. The molecule has 1 aliphatic rings. The number of carbonyl (C=O) groups is 1. The Morgan fingerprint density at radius 2 is 1.80 bits per heavy atom. The van der Waals surface area contributed by atoms with Gasteiger partial charge in [0.25, 0.3) is 0 Å². The number of benzene rings is 2. The number of aromatic nitrogens is 3. The molecule has 1 amide bonds. The molecule has 1 aliphatic heterocycles. The van der Waals surface area contributed by atoms with E-state index in [-0.39, 0.29) is 36.5 Å². The molecule has 5 rings (SSSR count). The molecule has 2 aromatic heterocycles. The number of hydrogen-bond acceptors (Lipinski definition) is 7. The number of nitriles is 1. The molecular weight excluding hydrogens is 522 g/mol. The number of nitrogens with zero attached hydrogens (tertiary/aromatic N) is 6. The third-order valence-electron chi connectivity index (χ3n) is 7.04. The summed E-state index contributed by atoms with van der Waals surface area (Å²) in [4.78, 5) is 36.9. The van der Waals surface area contributed by atoms with Gasteiger partial charge in [0.05, 0.1) is 28.3 Å². The number of carboxylic acid groups (broad SMARTS) is 1. The van der Waals surface area contributed by atoms with E-state index in [1.54, 1.807) is 37.8 Å². The first-order valence-electron chi connectivity index (χ1n) is 12.4. The van der Waals surface area contributed by atoms with Crippen molar-refractivity contribution in [1.82, 2.24) is 19.4 Å². The summed E-state index contributed by atoms with van der Waals surface area (Å²) in [7, 11) is 0. The van der Waals surface area contributed by atoms with Crippen molar-refractivity contribution < 1.29 is 23.8 Å². The van der Waals surface area contributed by atoms with Gasteiger partial charge in [-0.3, -0.25) is 0 Å². The Kier molecular flexibility index (Phi) is 6.59. The maximum absolute atomic E-state index is 15.7. The van der Waals surface area contributed by atoms with E-state index in [1.807, 2.05) is 0 Å². The quantitative estimate of drug-likeness (QED) is 0.392. The smallest absolute Gasteiger partial charge is 0.407 e. The molecule has 3 heterocycles. The molecule has 1 atom stereocenters. The minimum atomic E-state index is -1.08. The standard InChI is InChI=1S/C28H24F2N6O4/c1-14-9-17(12-31)10-15(2)24(14)36-26-18(11-20(30)23(32-26)22-19(29)5-4-6-21(22)37)25(33-27(36)38)35-8-7-34(28(39)40)13-16(35)3/h4-6,9-11,16,37H,7-8,13H2,1-3H3,(H,39,40)/t16-/m0/s1. The van der Waals surface area contributed by atoms with Gasteiger partial charge in [-0.25, -0.2) is 27.9 Å². The monoisotopic (exact) mass is 546 g/mol. The Morgan fingerprint density at radius 1 is 1.10 bits per heavy atom. The topological polar surface area (TPSA) is 136 Å². The molecule has 4 aromatic rings. The van der Waals surface area contributed by atoms with Crippen molar-refractivity contribution in [2.24, 2.45) is 0 Å². The first-order valence-corrected chi connectivity index (χ1v) is 12.4. The molecule has 0 unspecified atom stereocenters. The first-order chi connectivity index (χ1) is 19.0. The van der Waals surface area contributed by atoms with Gasteiger partial charge in [0, 0.05) is 25.7 Å². The Labute approximate surface area is 227 Å². The summed E-state index contributed by atoms with van der Waals surface area (Å²) >= 11 is 0. The summed E-state index contributed by atoms with van der Waals surface area (Å²) in [6.45, 7) is 5.62. The average Bonchev–Trinajstić information content (AvgIpc) is 2.89. The zero-order valence-corrected chi connectivity index (χ0v) is 21.8. The normalized spacial score (nSPS) is 15.3. The van der Waals surface area contributed by atoms with Gasteiger partial charge in [0.15, 0.2) is 11.5 Å². The van der Waals surface area contributed by atoms with Gasteiger partial charge >= 0.3 is 11.8 Å². The lowest BCUT2D eigenvalue weighted by Crippen LogP contribution is -2.54. The third-order valence-corrected chi connectivity index (χ3v) is 7.04. The molecule has 0 aliphatic carbocycles. The lowest BCUT2D eigenvalue weighted by atomic mass is 10.0. The van der Waals surface area contributed by atoms with E-state index in [9.17, 15) is 29.5 Å². The van der Waals surface area contributed by atoms with Crippen molar-refractivity contribution in [3.8, 4) is 28.8 Å². The Bertz CT molecular complexity index is 1760. The first kappa shape index (κ1) is 26.6. The van der Waals surface area contributed by atoms with Crippen LogP contribution in [0.25, 0.3) is 28.0 Å². The van der Waals surface area contributed by atoms with E-state index in [4.69, 9.17) is 0 Å². The zero-order chi connectivity index (χ0) is 28.9. The number of anilines is 1. The predicted octanol–water partition coefficient (Wildman–Crippen LogP) is 4.11. The van der Waals surface area contributed by atoms with Crippen LogP contribution in [0.1, 0.15) is 23.6 Å². The van der Waals surface area contributed by atoms with E-state index in [0.717, 1.165) is 12.1 Å². The molecule has 2 aromatic carbocycles. The summed E-state index contributed by atoms with van der Waals surface area (Å²) in [5.74, 6) is -2.28. The summed E-state index contributed by atoms with van der Waals surface area (Å²) in [5, 5.41) is 29.3. The highest BCUT2D eigenvalue weighted by molar-refractivity contribution is 5.91.